The third kappa shape index (κ3) is 1.58. The van der Waals surface area contributed by atoms with Crippen molar-refractivity contribution < 1.29 is 4.79 Å². The van der Waals surface area contributed by atoms with Crippen molar-refractivity contribution in [2.24, 2.45) is 5.41 Å². The highest BCUT2D eigenvalue weighted by Gasteiger charge is 2.46. The third-order valence-corrected chi connectivity index (χ3v) is 4.59. The molecule has 4 heteroatoms. The predicted octanol–water partition coefficient (Wildman–Crippen LogP) is 3.01. The maximum absolute atomic E-state index is 12.3. The third-order valence-electron chi connectivity index (χ3n) is 3.95. The molecule has 0 atom stereocenters. The molecule has 1 spiro atoms. The van der Waals surface area contributed by atoms with Crippen LogP contribution in [0.5, 0.6) is 0 Å². The number of nitrogens with zero attached hydrogens (tertiary/aromatic N) is 1. The molecule has 3 nitrogen and oxygen atoms in total. The summed E-state index contributed by atoms with van der Waals surface area (Å²) < 4.78 is 1.04. The van der Waals surface area contributed by atoms with E-state index in [4.69, 9.17) is 0 Å². The molecule has 1 saturated carbocycles. The topological polar surface area (TPSA) is 32.3 Å². The molecule has 2 aliphatic rings. The molecule has 90 valence electrons. The second-order valence-corrected chi connectivity index (χ2v) is 5.93. The van der Waals surface area contributed by atoms with Crippen LogP contribution in [-0.4, -0.2) is 19.5 Å². The monoisotopic (exact) mass is 294 g/mol. The lowest BCUT2D eigenvalue weighted by Gasteiger charge is -2.41. The maximum Gasteiger partial charge on any atom is 0.232 e. The van der Waals surface area contributed by atoms with E-state index < -0.39 is 0 Å². The molecule has 1 aliphatic heterocycles. The van der Waals surface area contributed by atoms with E-state index in [-0.39, 0.29) is 11.3 Å². The molecule has 17 heavy (non-hydrogen) atoms. The van der Waals surface area contributed by atoms with Crippen LogP contribution in [0.1, 0.15) is 19.3 Å². The molecule has 1 aliphatic carbocycles. The van der Waals surface area contributed by atoms with Gasteiger partial charge in [0.25, 0.3) is 0 Å². The first-order valence-electron chi connectivity index (χ1n) is 5.93. The van der Waals surface area contributed by atoms with E-state index in [1.807, 2.05) is 18.2 Å². The molecule has 0 aromatic heterocycles. The molecule has 1 fully saturated rings. The largest absolute Gasteiger partial charge is 0.371 e. The van der Waals surface area contributed by atoms with E-state index in [2.05, 4.69) is 33.2 Å². The van der Waals surface area contributed by atoms with Gasteiger partial charge in [-0.15, -0.1) is 0 Å². The summed E-state index contributed by atoms with van der Waals surface area (Å²) in [5.41, 5.74) is 1.84. The van der Waals surface area contributed by atoms with Crippen LogP contribution in [0, 0.1) is 5.41 Å². The highest BCUT2D eigenvalue weighted by Crippen LogP contribution is 2.47. The number of hydrogen-bond donors (Lipinski definition) is 1. The summed E-state index contributed by atoms with van der Waals surface area (Å²) >= 11 is 3.56. The zero-order valence-electron chi connectivity index (χ0n) is 9.79. The Morgan fingerprint density at radius 1 is 1.41 bits per heavy atom. The molecule has 1 aromatic rings. The van der Waals surface area contributed by atoms with Gasteiger partial charge < -0.3 is 10.2 Å². The molecule has 1 N–H and O–H groups in total. The molecule has 3 rings (SSSR count). The Morgan fingerprint density at radius 2 is 2.18 bits per heavy atom. The first kappa shape index (κ1) is 11.1. The quantitative estimate of drug-likeness (QED) is 0.798. The Bertz CT molecular complexity index is 482. The predicted molar refractivity (Wildman–Crippen MR) is 72.3 cm³/mol. The van der Waals surface area contributed by atoms with Gasteiger partial charge in [0.1, 0.15) is 0 Å². The lowest BCUT2D eigenvalue weighted by Crippen LogP contribution is -2.47. The first-order chi connectivity index (χ1) is 8.12. The number of amides is 1. The van der Waals surface area contributed by atoms with E-state index in [1.54, 1.807) is 0 Å². The highest BCUT2D eigenvalue weighted by atomic mass is 79.9. The standard InChI is InChI=1S/C13H15BrN2O/c1-16-8-13(6-3-7-13)12(17)15-10-5-2-4-9(14)11(10)16/h2,4-5H,3,6-8H2,1H3,(H,15,17). The summed E-state index contributed by atoms with van der Waals surface area (Å²) in [5.74, 6) is 0.187. The Balaban J connectivity index is 2.07. The number of benzene rings is 1. The van der Waals surface area contributed by atoms with Crippen LogP contribution >= 0.6 is 15.9 Å². The minimum Gasteiger partial charge on any atom is -0.371 e. The number of carbonyl (C=O) groups excluding carboxylic acids is 1. The Labute approximate surface area is 109 Å². The average molecular weight is 295 g/mol. The highest BCUT2D eigenvalue weighted by molar-refractivity contribution is 9.10. The molecule has 1 aromatic carbocycles. The summed E-state index contributed by atoms with van der Waals surface area (Å²) in [5, 5.41) is 3.08. The van der Waals surface area contributed by atoms with Gasteiger partial charge in [0, 0.05) is 18.1 Å². The van der Waals surface area contributed by atoms with Crippen LogP contribution in [0.4, 0.5) is 11.4 Å². The summed E-state index contributed by atoms with van der Waals surface area (Å²) in [6.07, 6.45) is 3.18. The molecule has 0 unspecified atom stereocenters. The van der Waals surface area contributed by atoms with Crippen LogP contribution < -0.4 is 10.2 Å². The molecule has 0 saturated heterocycles. The van der Waals surface area contributed by atoms with E-state index in [0.717, 1.165) is 35.2 Å². The van der Waals surface area contributed by atoms with Crippen LogP contribution in [0.15, 0.2) is 22.7 Å². The normalized spacial score (nSPS) is 21.5. The van der Waals surface area contributed by atoms with Crippen molar-refractivity contribution in [3.63, 3.8) is 0 Å². The average Bonchev–Trinajstić information content (AvgIpc) is 2.33. The van der Waals surface area contributed by atoms with Gasteiger partial charge in [-0.2, -0.15) is 0 Å². The Morgan fingerprint density at radius 3 is 2.82 bits per heavy atom. The number of anilines is 2. The van der Waals surface area contributed by atoms with E-state index in [0.29, 0.717) is 0 Å². The SMILES string of the molecule is CN1CC2(CCC2)C(=O)Nc2cccc(Br)c21. The van der Waals surface area contributed by atoms with Crippen LogP contribution in [-0.2, 0) is 4.79 Å². The smallest absolute Gasteiger partial charge is 0.232 e. The van der Waals surface area contributed by atoms with Crippen molar-refractivity contribution in [1.82, 2.24) is 0 Å². The van der Waals surface area contributed by atoms with Crippen LogP contribution in [0.3, 0.4) is 0 Å². The van der Waals surface area contributed by atoms with Gasteiger partial charge in [-0.05, 0) is 40.9 Å². The fourth-order valence-corrected chi connectivity index (χ4v) is 3.52. The zero-order valence-corrected chi connectivity index (χ0v) is 11.4. The van der Waals surface area contributed by atoms with Crippen molar-refractivity contribution in [3.05, 3.63) is 22.7 Å². The molecule has 0 bridgehead atoms. The van der Waals surface area contributed by atoms with Gasteiger partial charge in [-0.1, -0.05) is 12.5 Å². The van der Waals surface area contributed by atoms with Crippen molar-refractivity contribution in [2.75, 3.05) is 23.8 Å². The number of fused-ring (bicyclic) bond motifs is 1. The Kier molecular flexibility index (Phi) is 2.43. The number of halogens is 1. The van der Waals surface area contributed by atoms with Gasteiger partial charge in [0.2, 0.25) is 5.91 Å². The summed E-state index contributed by atoms with van der Waals surface area (Å²) in [6.45, 7) is 0.814. The lowest BCUT2D eigenvalue weighted by atomic mass is 9.68. The van der Waals surface area contributed by atoms with Gasteiger partial charge >= 0.3 is 0 Å². The van der Waals surface area contributed by atoms with Crippen molar-refractivity contribution in [1.29, 1.82) is 0 Å². The van der Waals surface area contributed by atoms with Gasteiger partial charge in [0.15, 0.2) is 0 Å². The van der Waals surface area contributed by atoms with Crippen LogP contribution in [0.2, 0.25) is 0 Å². The second kappa shape index (κ2) is 3.73. The maximum atomic E-state index is 12.3. The van der Waals surface area contributed by atoms with Gasteiger partial charge in [-0.3, -0.25) is 4.79 Å². The Hall–Kier alpha value is -1.03. The fourth-order valence-electron chi connectivity index (χ4n) is 2.85. The molecule has 1 amide bonds. The van der Waals surface area contributed by atoms with Gasteiger partial charge in [-0.25, -0.2) is 0 Å². The van der Waals surface area contributed by atoms with Crippen molar-refractivity contribution in [3.8, 4) is 0 Å². The minimum atomic E-state index is -0.160. The van der Waals surface area contributed by atoms with Crippen LogP contribution in [0.25, 0.3) is 0 Å². The first-order valence-corrected chi connectivity index (χ1v) is 6.73. The molecule has 1 heterocycles. The molecular formula is C13H15BrN2O. The number of rotatable bonds is 0. The lowest BCUT2D eigenvalue weighted by molar-refractivity contribution is -0.129. The van der Waals surface area contributed by atoms with Crippen molar-refractivity contribution >= 4 is 33.2 Å². The summed E-state index contributed by atoms with van der Waals surface area (Å²) in [6, 6.07) is 5.93. The number of para-hydroxylation sites is 1. The zero-order chi connectivity index (χ0) is 12.0. The number of nitrogens with one attached hydrogen (secondary N) is 1. The fraction of sp³-hybridized carbons (Fsp3) is 0.462. The number of carbonyl (C=O) groups is 1. The molecular weight excluding hydrogens is 280 g/mol. The minimum absolute atomic E-state index is 0.160. The summed E-state index contributed by atoms with van der Waals surface area (Å²) in [7, 11) is 2.06. The second-order valence-electron chi connectivity index (χ2n) is 5.08. The van der Waals surface area contributed by atoms with Crippen molar-refractivity contribution in [2.45, 2.75) is 19.3 Å². The van der Waals surface area contributed by atoms with E-state index >= 15 is 0 Å². The van der Waals surface area contributed by atoms with Gasteiger partial charge in [0.05, 0.1) is 16.8 Å². The van der Waals surface area contributed by atoms with E-state index in [1.165, 1.54) is 6.42 Å². The number of hydrogen-bond acceptors (Lipinski definition) is 2. The summed E-state index contributed by atoms with van der Waals surface area (Å²) in [4.78, 5) is 14.5. The molecule has 0 radical (unpaired) electrons. The van der Waals surface area contributed by atoms with E-state index in [9.17, 15) is 4.79 Å².